The van der Waals surface area contributed by atoms with Crippen LogP contribution >= 0.6 is 0 Å². The second-order valence-corrected chi connectivity index (χ2v) is 5.08. The Kier molecular flexibility index (Phi) is 8.19. The lowest BCUT2D eigenvalue weighted by molar-refractivity contribution is 0.305. The Balaban J connectivity index is 0.00000172. The molecule has 1 rings (SSSR count). The summed E-state index contributed by atoms with van der Waals surface area (Å²) in [4.78, 5) is 9.38. The normalized spacial score (nSPS) is 25.1. The molecule has 2 atom stereocenters. The summed E-state index contributed by atoms with van der Waals surface area (Å²) < 4.78 is 10.8. The minimum absolute atomic E-state index is 0.0539. The van der Waals surface area contributed by atoms with E-state index in [0.717, 1.165) is 12.8 Å². The maximum absolute atomic E-state index is 5.43. The molecule has 0 spiro atoms. The lowest BCUT2D eigenvalue weighted by atomic mass is 9.92. The second kappa shape index (κ2) is 8.77. The molecule has 1 unspecified atom stereocenters. The van der Waals surface area contributed by atoms with Gasteiger partial charge in [-0.3, -0.25) is 0 Å². The van der Waals surface area contributed by atoms with Crippen molar-refractivity contribution in [3.63, 3.8) is 0 Å². The van der Waals surface area contributed by atoms with E-state index < -0.39 is 5.54 Å². The van der Waals surface area contributed by atoms with Gasteiger partial charge in [-0.1, -0.05) is 33.8 Å². The summed E-state index contributed by atoms with van der Waals surface area (Å²) in [7, 11) is 3.30. The molecule has 4 nitrogen and oxygen atoms in total. The number of aliphatic imine (C=N–C) groups is 2. The molecule has 116 valence electrons. The van der Waals surface area contributed by atoms with Crippen molar-refractivity contribution in [2.24, 2.45) is 15.9 Å². The van der Waals surface area contributed by atoms with Crippen LogP contribution in [0.3, 0.4) is 0 Å². The number of ether oxygens (including phenoxy) is 2. The van der Waals surface area contributed by atoms with Gasteiger partial charge in [0, 0.05) is 0 Å². The van der Waals surface area contributed by atoms with Gasteiger partial charge < -0.3 is 9.47 Å². The largest absolute Gasteiger partial charge is 0.483 e. The van der Waals surface area contributed by atoms with Gasteiger partial charge in [-0.15, -0.1) is 6.58 Å². The minimum atomic E-state index is -0.445. The van der Waals surface area contributed by atoms with Crippen molar-refractivity contribution in [3.05, 3.63) is 12.7 Å². The molecule has 0 aliphatic carbocycles. The zero-order valence-electron chi connectivity index (χ0n) is 14.1. The molecule has 4 heteroatoms. The maximum Gasteiger partial charge on any atom is 0.212 e. The number of nitrogens with zero attached hydrogens (tertiary/aromatic N) is 2. The first-order chi connectivity index (χ1) is 9.48. The van der Waals surface area contributed by atoms with E-state index in [9.17, 15) is 0 Å². The van der Waals surface area contributed by atoms with E-state index in [0.29, 0.717) is 17.7 Å². The smallest absolute Gasteiger partial charge is 0.212 e. The molecule has 0 saturated heterocycles. The molecule has 0 N–H and O–H groups in total. The van der Waals surface area contributed by atoms with Crippen LogP contribution in [0.25, 0.3) is 0 Å². The quantitative estimate of drug-likeness (QED) is 0.735. The first-order valence-corrected chi connectivity index (χ1v) is 7.35. The predicted octanol–water partition coefficient (Wildman–Crippen LogP) is 3.87. The van der Waals surface area contributed by atoms with Crippen molar-refractivity contribution >= 4 is 11.8 Å². The Labute approximate surface area is 124 Å². The Hall–Kier alpha value is -1.32. The molecule has 1 heterocycles. The van der Waals surface area contributed by atoms with Crippen LogP contribution in [0.15, 0.2) is 22.6 Å². The van der Waals surface area contributed by atoms with Crippen LogP contribution in [-0.2, 0) is 9.47 Å². The lowest BCUT2D eigenvalue weighted by Gasteiger charge is -2.33. The highest BCUT2D eigenvalue weighted by atomic mass is 16.5. The van der Waals surface area contributed by atoms with E-state index in [1.54, 1.807) is 14.2 Å². The van der Waals surface area contributed by atoms with Gasteiger partial charge in [0.15, 0.2) is 0 Å². The minimum Gasteiger partial charge on any atom is -0.483 e. The SMILES string of the molecule is C=CCC[C@@]1(C)N=C(OC)C(C(C)C)N=C1OC.CC. The Morgan fingerprint density at radius 2 is 1.90 bits per heavy atom. The van der Waals surface area contributed by atoms with Crippen LogP contribution in [-0.4, -0.2) is 37.6 Å². The highest BCUT2D eigenvalue weighted by molar-refractivity contribution is 5.96. The summed E-state index contributed by atoms with van der Waals surface area (Å²) in [5.41, 5.74) is -0.445. The third-order valence-electron chi connectivity index (χ3n) is 3.20. The topological polar surface area (TPSA) is 43.2 Å². The fraction of sp³-hybridized carbons (Fsp3) is 0.750. The van der Waals surface area contributed by atoms with E-state index in [2.05, 4.69) is 25.4 Å². The Morgan fingerprint density at radius 3 is 2.30 bits per heavy atom. The molecule has 1 aliphatic heterocycles. The van der Waals surface area contributed by atoms with E-state index in [-0.39, 0.29) is 6.04 Å². The van der Waals surface area contributed by atoms with Crippen LogP contribution in [0.1, 0.15) is 47.5 Å². The third kappa shape index (κ3) is 4.36. The third-order valence-corrected chi connectivity index (χ3v) is 3.20. The van der Waals surface area contributed by atoms with Gasteiger partial charge in [-0.05, 0) is 25.7 Å². The fourth-order valence-electron chi connectivity index (χ4n) is 2.10. The highest BCUT2D eigenvalue weighted by Gasteiger charge is 2.39. The number of hydrogen-bond donors (Lipinski definition) is 0. The number of rotatable bonds is 4. The van der Waals surface area contributed by atoms with E-state index in [1.807, 2.05) is 26.8 Å². The molecular formula is C16H30N2O2. The zero-order chi connectivity index (χ0) is 15.8. The number of hydrogen-bond acceptors (Lipinski definition) is 4. The molecule has 0 aromatic heterocycles. The van der Waals surface area contributed by atoms with Gasteiger partial charge in [0.1, 0.15) is 11.6 Å². The highest BCUT2D eigenvalue weighted by Crippen LogP contribution is 2.28. The van der Waals surface area contributed by atoms with Gasteiger partial charge in [0.25, 0.3) is 0 Å². The van der Waals surface area contributed by atoms with Crippen molar-refractivity contribution in [3.8, 4) is 0 Å². The van der Waals surface area contributed by atoms with Crippen LogP contribution < -0.4 is 0 Å². The van der Waals surface area contributed by atoms with Gasteiger partial charge >= 0.3 is 0 Å². The molecule has 0 fully saturated rings. The molecule has 0 saturated carbocycles. The summed E-state index contributed by atoms with van der Waals surface area (Å²) in [6.07, 6.45) is 3.57. The second-order valence-electron chi connectivity index (χ2n) is 5.08. The van der Waals surface area contributed by atoms with E-state index >= 15 is 0 Å². The zero-order valence-corrected chi connectivity index (χ0v) is 14.1. The van der Waals surface area contributed by atoms with E-state index in [4.69, 9.17) is 14.5 Å². The fourth-order valence-corrected chi connectivity index (χ4v) is 2.10. The average Bonchev–Trinajstić information content (AvgIpc) is 2.46. The molecule has 0 bridgehead atoms. The standard InChI is InChI=1S/C14H24N2O2.C2H6/c1-7-8-9-14(4)13(18-6)15-11(10(2)3)12(16-14)17-5;1-2/h7,10-11H,1,8-9H2,2-6H3;1-2H3/t11?,14-;/m1./s1. The molecule has 1 aliphatic rings. The van der Waals surface area contributed by atoms with Crippen LogP contribution in [0.2, 0.25) is 0 Å². The lowest BCUT2D eigenvalue weighted by Crippen LogP contribution is -2.44. The van der Waals surface area contributed by atoms with Crippen LogP contribution in [0.5, 0.6) is 0 Å². The number of methoxy groups -OCH3 is 2. The molecule has 0 amide bonds. The average molecular weight is 282 g/mol. The predicted molar refractivity (Wildman–Crippen MR) is 86.7 cm³/mol. The van der Waals surface area contributed by atoms with Gasteiger partial charge in [-0.25, -0.2) is 9.98 Å². The molecular weight excluding hydrogens is 252 g/mol. The monoisotopic (exact) mass is 282 g/mol. The van der Waals surface area contributed by atoms with Gasteiger partial charge in [0.05, 0.1) is 14.2 Å². The first-order valence-electron chi connectivity index (χ1n) is 7.35. The van der Waals surface area contributed by atoms with E-state index in [1.165, 1.54) is 0 Å². The van der Waals surface area contributed by atoms with Crippen molar-refractivity contribution in [1.82, 2.24) is 0 Å². The summed E-state index contributed by atoms with van der Waals surface area (Å²) in [6.45, 7) is 14.0. The summed E-state index contributed by atoms with van der Waals surface area (Å²) in [5, 5.41) is 0. The van der Waals surface area contributed by atoms with Crippen LogP contribution in [0, 0.1) is 5.92 Å². The molecule has 0 radical (unpaired) electrons. The van der Waals surface area contributed by atoms with Gasteiger partial charge in [0.2, 0.25) is 11.8 Å². The first kappa shape index (κ1) is 18.7. The Bertz CT molecular complexity index is 361. The number of allylic oxidation sites excluding steroid dienone is 1. The van der Waals surface area contributed by atoms with Crippen molar-refractivity contribution in [2.75, 3.05) is 14.2 Å². The molecule has 20 heavy (non-hydrogen) atoms. The van der Waals surface area contributed by atoms with Crippen molar-refractivity contribution in [2.45, 2.75) is 59.0 Å². The maximum atomic E-state index is 5.43. The Morgan fingerprint density at radius 1 is 1.30 bits per heavy atom. The van der Waals surface area contributed by atoms with Crippen LogP contribution in [0.4, 0.5) is 0 Å². The summed E-state index contributed by atoms with van der Waals surface area (Å²) >= 11 is 0. The van der Waals surface area contributed by atoms with Crippen molar-refractivity contribution in [1.29, 1.82) is 0 Å². The summed E-state index contributed by atoms with van der Waals surface area (Å²) in [6, 6.07) is -0.0539. The summed E-state index contributed by atoms with van der Waals surface area (Å²) in [5.74, 6) is 1.71. The molecule has 0 aromatic carbocycles. The van der Waals surface area contributed by atoms with Crippen molar-refractivity contribution < 1.29 is 9.47 Å². The molecule has 0 aromatic rings. The van der Waals surface area contributed by atoms with Gasteiger partial charge in [-0.2, -0.15) is 0 Å².